The predicted molar refractivity (Wildman–Crippen MR) is 65.0 cm³/mol. The molecule has 1 amide bonds. The second-order valence-electron chi connectivity index (χ2n) is 4.63. The molecule has 3 heteroatoms. The summed E-state index contributed by atoms with van der Waals surface area (Å²) in [5, 5.41) is 8.81. The summed E-state index contributed by atoms with van der Waals surface area (Å²) in [4.78, 5) is 13.7. The third-order valence-electron chi connectivity index (χ3n) is 3.31. The molecule has 2 rings (SSSR count). The van der Waals surface area contributed by atoms with Crippen LogP contribution in [-0.4, -0.2) is 17.9 Å². The van der Waals surface area contributed by atoms with Crippen LogP contribution in [0.4, 0.5) is 0 Å². The van der Waals surface area contributed by atoms with E-state index in [0.29, 0.717) is 12.1 Å². The fourth-order valence-corrected chi connectivity index (χ4v) is 2.06. The van der Waals surface area contributed by atoms with E-state index in [1.54, 1.807) is 11.0 Å². The maximum atomic E-state index is 11.9. The van der Waals surface area contributed by atoms with E-state index in [1.165, 1.54) is 6.42 Å². The van der Waals surface area contributed by atoms with E-state index in [-0.39, 0.29) is 11.8 Å². The highest BCUT2D eigenvalue weighted by atomic mass is 16.2. The standard InChI is InChI=1S/C14H16N2O/c1-16(14(17)13-6-3-7-13)10-12-5-2-4-11(8-12)9-15/h2,4-5,8,13H,3,6-7,10H2,1H3. The molecule has 0 saturated heterocycles. The van der Waals surface area contributed by atoms with Gasteiger partial charge in [-0.3, -0.25) is 4.79 Å². The first-order valence-electron chi connectivity index (χ1n) is 5.94. The van der Waals surface area contributed by atoms with E-state index in [9.17, 15) is 4.79 Å². The minimum absolute atomic E-state index is 0.235. The van der Waals surface area contributed by atoms with Gasteiger partial charge >= 0.3 is 0 Å². The van der Waals surface area contributed by atoms with E-state index in [4.69, 9.17) is 5.26 Å². The van der Waals surface area contributed by atoms with Crippen LogP contribution >= 0.6 is 0 Å². The lowest BCUT2D eigenvalue weighted by Gasteiger charge is -2.29. The predicted octanol–water partition coefficient (Wildman–Crippen LogP) is 2.32. The fraction of sp³-hybridized carbons (Fsp3) is 0.429. The maximum absolute atomic E-state index is 11.9. The summed E-state index contributed by atoms with van der Waals surface area (Å²) in [5.74, 6) is 0.470. The molecule has 0 aliphatic heterocycles. The Morgan fingerprint density at radius 3 is 2.88 bits per heavy atom. The van der Waals surface area contributed by atoms with Crippen LogP contribution in [0.1, 0.15) is 30.4 Å². The van der Waals surface area contributed by atoms with Crippen molar-refractivity contribution in [2.75, 3.05) is 7.05 Å². The zero-order valence-electron chi connectivity index (χ0n) is 10.0. The Hall–Kier alpha value is -1.82. The second-order valence-corrected chi connectivity index (χ2v) is 4.63. The highest BCUT2D eigenvalue weighted by Gasteiger charge is 2.27. The van der Waals surface area contributed by atoms with Gasteiger partial charge in [-0.25, -0.2) is 0 Å². The Morgan fingerprint density at radius 2 is 2.29 bits per heavy atom. The summed E-state index contributed by atoms with van der Waals surface area (Å²) < 4.78 is 0. The first kappa shape index (κ1) is 11.7. The smallest absolute Gasteiger partial charge is 0.225 e. The summed E-state index contributed by atoms with van der Waals surface area (Å²) in [5.41, 5.74) is 1.66. The van der Waals surface area contributed by atoms with Gasteiger partial charge in [-0.05, 0) is 30.5 Å². The van der Waals surface area contributed by atoms with E-state index >= 15 is 0 Å². The fourth-order valence-electron chi connectivity index (χ4n) is 2.06. The number of rotatable bonds is 3. The third kappa shape index (κ3) is 2.65. The number of carbonyl (C=O) groups is 1. The molecule has 0 radical (unpaired) electrons. The number of amides is 1. The van der Waals surface area contributed by atoms with Gasteiger partial charge in [0.1, 0.15) is 0 Å². The Balaban J connectivity index is 1.99. The number of nitrogens with zero attached hydrogens (tertiary/aromatic N) is 2. The Labute approximate surface area is 102 Å². The number of nitriles is 1. The molecular formula is C14H16N2O. The average molecular weight is 228 g/mol. The van der Waals surface area contributed by atoms with E-state index < -0.39 is 0 Å². The molecule has 3 nitrogen and oxygen atoms in total. The Morgan fingerprint density at radius 1 is 1.53 bits per heavy atom. The van der Waals surface area contributed by atoms with Crippen LogP contribution in [0.5, 0.6) is 0 Å². The topological polar surface area (TPSA) is 44.1 Å². The van der Waals surface area contributed by atoms with Gasteiger partial charge < -0.3 is 4.90 Å². The molecule has 1 saturated carbocycles. The lowest BCUT2D eigenvalue weighted by atomic mass is 9.84. The zero-order valence-corrected chi connectivity index (χ0v) is 10.0. The maximum Gasteiger partial charge on any atom is 0.225 e. The summed E-state index contributed by atoms with van der Waals surface area (Å²) in [6.07, 6.45) is 3.23. The minimum atomic E-state index is 0.235. The molecule has 1 aromatic rings. The van der Waals surface area contributed by atoms with Crippen molar-refractivity contribution in [2.45, 2.75) is 25.8 Å². The molecular weight excluding hydrogens is 212 g/mol. The molecule has 1 aromatic carbocycles. The lowest BCUT2D eigenvalue weighted by molar-refractivity contribution is -0.137. The molecule has 0 aromatic heterocycles. The van der Waals surface area contributed by atoms with Crippen molar-refractivity contribution in [3.05, 3.63) is 35.4 Å². The molecule has 0 atom stereocenters. The average Bonchev–Trinajstić information content (AvgIpc) is 2.27. The van der Waals surface area contributed by atoms with Crippen molar-refractivity contribution in [3.63, 3.8) is 0 Å². The molecule has 17 heavy (non-hydrogen) atoms. The monoisotopic (exact) mass is 228 g/mol. The number of hydrogen-bond donors (Lipinski definition) is 0. The molecule has 0 spiro atoms. The van der Waals surface area contributed by atoms with Crippen molar-refractivity contribution >= 4 is 5.91 Å². The van der Waals surface area contributed by atoms with Gasteiger partial charge in [0.2, 0.25) is 5.91 Å². The van der Waals surface area contributed by atoms with Crippen LogP contribution in [0.2, 0.25) is 0 Å². The van der Waals surface area contributed by atoms with E-state index in [2.05, 4.69) is 6.07 Å². The van der Waals surface area contributed by atoms with Crippen molar-refractivity contribution in [1.29, 1.82) is 5.26 Å². The van der Waals surface area contributed by atoms with Crippen molar-refractivity contribution < 1.29 is 4.79 Å². The van der Waals surface area contributed by atoms with Crippen molar-refractivity contribution in [1.82, 2.24) is 4.90 Å². The van der Waals surface area contributed by atoms with E-state index in [1.807, 2.05) is 25.2 Å². The van der Waals surface area contributed by atoms with Crippen LogP contribution in [0, 0.1) is 17.2 Å². The zero-order chi connectivity index (χ0) is 12.3. The quantitative estimate of drug-likeness (QED) is 0.796. The summed E-state index contributed by atoms with van der Waals surface area (Å²) in [6, 6.07) is 9.53. The molecule has 88 valence electrons. The Kier molecular flexibility index (Phi) is 3.43. The first-order valence-corrected chi connectivity index (χ1v) is 5.94. The minimum Gasteiger partial charge on any atom is -0.341 e. The highest BCUT2D eigenvalue weighted by molar-refractivity contribution is 5.79. The van der Waals surface area contributed by atoms with Gasteiger partial charge in [0, 0.05) is 19.5 Å². The molecule has 1 aliphatic carbocycles. The number of benzene rings is 1. The van der Waals surface area contributed by atoms with Crippen LogP contribution < -0.4 is 0 Å². The summed E-state index contributed by atoms with van der Waals surface area (Å²) in [7, 11) is 1.83. The van der Waals surface area contributed by atoms with E-state index in [0.717, 1.165) is 18.4 Å². The van der Waals surface area contributed by atoms with Crippen LogP contribution in [0.3, 0.4) is 0 Å². The molecule has 1 fully saturated rings. The molecule has 0 unspecified atom stereocenters. The summed E-state index contributed by atoms with van der Waals surface area (Å²) >= 11 is 0. The highest BCUT2D eigenvalue weighted by Crippen LogP contribution is 2.28. The van der Waals surface area contributed by atoms with Gasteiger partial charge in [0.05, 0.1) is 11.6 Å². The normalized spacial score (nSPS) is 14.8. The van der Waals surface area contributed by atoms with Crippen LogP contribution in [-0.2, 0) is 11.3 Å². The van der Waals surface area contributed by atoms with Crippen LogP contribution in [0.25, 0.3) is 0 Å². The largest absolute Gasteiger partial charge is 0.341 e. The Bertz CT molecular complexity index is 458. The summed E-state index contributed by atoms with van der Waals surface area (Å²) in [6.45, 7) is 0.588. The van der Waals surface area contributed by atoms with Gasteiger partial charge in [0.15, 0.2) is 0 Å². The van der Waals surface area contributed by atoms with Crippen LogP contribution in [0.15, 0.2) is 24.3 Å². The van der Waals surface area contributed by atoms with Crippen molar-refractivity contribution in [3.8, 4) is 6.07 Å². The molecule has 0 bridgehead atoms. The van der Waals surface area contributed by atoms with Gasteiger partial charge in [0.25, 0.3) is 0 Å². The van der Waals surface area contributed by atoms with Gasteiger partial charge in [-0.2, -0.15) is 5.26 Å². The first-order chi connectivity index (χ1) is 8.20. The lowest BCUT2D eigenvalue weighted by Crippen LogP contribution is -2.35. The number of hydrogen-bond acceptors (Lipinski definition) is 2. The molecule has 0 heterocycles. The molecule has 1 aliphatic rings. The third-order valence-corrected chi connectivity index (χ3v) is 3.31. The SMILES string of the molecule is CN(Cc1cccc(C#N)c1)C(=O)C1CCC1. The van der Waals surface area contributed by atoms with Crippen molar-refractivity contribution in [2.24, 2.45) is 5.92 Å². The second kappa shape index (κ2) is 5.01. The van der Waals surface area contributed by atoms with Gasteiger partial charge in [-0.15, -0.1) is 0 Å². The number of carbonyl (C=O) groups excluding carboxylic acids is 1. The molecule has 0 N–H and O–H groups in total. The van der Waals surface area contributed by atoms with Gasteiger partial charge in [-0.1, -0.05) is 18.6 Å².